The van der Waals surface area contributed by atoms with Crippen LogP contribution in [0.3, 0.4) is 0 Å². The molecule has 110 valence electrons. The van der Waals surface area contributed by atoms with Gasteiger partial charge < -0.3 is 10.3 Å². The highest BCUT2D eigenvalue weighted by Gasteiger charge is 2.27. The summed E-state index contributed by atoms with van der Waals surface area (Å²) < 4.78 is 36.6. The third kappa shape index (κ3) is 2.87. The largest absolute Gasteiger partial charge is 0.405 e. The van der Waals surface area contributed by atoms with E-state index in [9.17, 15) is 13.2 Å². The Morgan fingerprint density at radius 1 is 1.33 bits per heavy atom. The van der Waals surface area contributed by atoms with Crippen molar-refractivity contribution in [2.75, 3.05) is 11.9 Å². The van der Waals surface area contributed by atoms with Crippen molar-refractivity contribution < 1.29 is 13.2 Å². The van der Waals surface area contributed by atoms with Crippen LogP contribution in [0.2, 0.25) is 0 Å². The quantitative estimate of drug-likeness (QED) is 0.743. The summed E-state index contributed by atoms with van der Waals surface area (Å²) in [5.74, 6) is 0. The lowest BCUT2D eigenvalue weighted by Crippen LogP contribution is -2.21. The van der Waals surface area contributed by atoms with Gasteiger partial charge in [-0.2, -0.15) is 13.2 Å². The van der Waals surface area contributed by atoms with E-state index < -0.39 is 12.7 Å². The molecule has 3 aromatic rings. The second kappa shape index (κ2) is 5.07. The van der Waals surface area contributed by atoms with Gasteiger partial charge in [0, 0.05) is 28.0 Å². The molecule has 0 fully saturated rings. The third-order valence-corrected chi connectivity index (χ3v) is 3.93. The number of H-pyrrole nitrogens is 1. The van der Waals surface area contributed by atoms with Crippen LogP contribution in [-0.4, -0.2) is 22.7 Å². The van der Waals surface area contributed by atoms with Gasteiger partial charge in [-0.1, -0.05) is 12.1 Å². The van der Waals surface area contributed by atoms with Gasteiger partial charge in [-0.05, 0) is 18.6 Å². The fourth-order valence-electron chi connectivity index (χ4n) is 2.22. The minimum Gasteiger partial charge on any atom is -0.360 e. The second-order valence-corrected chi connectivity index (χ2v) is 5.56. The summed E-state index contributed by atoms with van der Waals surface area (Å²) in [6.07, 6.45) is -2.41. The molecule has 0 aliphatic carbocycles. The van der Waals surface area contributed by atoms with Crippen LogP contribution in [0.5, 0.6) is 0 Å². The number of fused-ring (bicyclic) bond motifs is 1. The Hall–Kier alpha value is -2.02. The summed E-state index contributed by atoms with van der Waals surface area (Å²) in [6, 6.07) is 5.91. The van der Waals surface area contributed by atoms with Gasteiger partial charge in [0.25, 0.3) is 0 Å². The number of nitrogens with zero attached hydrogens (tertiary/aromatic N) is 1. The average Bonchev–Trinajstić information content (AvgIpc) is 3.02. The molecule has 0 aliphatic heterocycles. The number of hydrogen-bond acceptors (Lipinski definition) is 3. The molecule has 0 saturated carbocycles. The van der Waals surface area contributed by atoms with Crippen molar-refractivity contribution in [1.29, 1.82) is 0 Å². The zero-order valence-electron chi connectivity index (χ0n) is 11.1. The Kier molecular flexibility index (Phi) is 3.36. The first-order valence-corrected chi connectivity index (χ1v) is 7.15. The number of aromatic amines is 1. The summed E-state index contributed by atoms with van der Waals surface area (Å²) in [4.78, 5) is 7.39. The first-order chi connectivity index (χ1) is 9.94. The van der Waals surface area contributed by atoms with E-state index in [0.717, 1.165) is 22.0 Å². The molecule has 0 spiro atoms. The number of aromatic nitrogens is 2. The predicted octanol–water partition coefficient (Wildman–Crippen LogP) is 4.57. The number of alkyl halides is 3. The molecule has 0 atom stereocenters. The Bertz CT molecular complexity index is 773. The minimum absolute atomic E-state index is 0.269. The summed E-state index contributed by atoms with van der Waals surface area (Å²) in [7, 11) is 0. The molecule has 2 N–H and O–H groups in total. The molecule has 3 nitrogen and oxygen atoms in total. The van der Waals surface area contributed by atoms with Crippen LogP contribution in [-0.2, 0) is 0 Å². The maximum Gasteiger partial charge on any atom is 0.405 e. The summed E-state index contributed by atoms with van der Waals surface area (Å²) in [6.45, 7) is 0.918. The predicted molar refractivity (Wildman–Crippen MR) is 78.7 cm³/mol. The van der Waals surface area contributed by atoms with Gasteiger partial charge >= 0.3 is 6.18 Å². The highest BCUT2D eigenvalue weighted by atomic mass is 32.1. The van der Waals surface area contributed by atoms with E-state index >= 15 is 0 Å². The molecule has 0 amide bonds. The van der Waals surface area contributed by atoms with Gasteiger partial charge in [0.15, 0.2) is 5.13 Å². The molecule has 2 aromatic heterocycles. The molecular formula is C14H12F3N3S. The van der Waals surface area contributed by atoms with Crippen LogP contribution in [0.15, 0.2) is 29.8 Å². The van der Waals surface area contributed by atoms with E-state index in [-0.39, 0.29) is 5.13 Å². The van der Waals surface area contributed by atoms with Gasteiger partial charge in [0.1, 0.15) is 6.54 Å². The van der Waals surface area contributed by atoms with Gasteiger partial charge in [-0.15, -0.1) is 11.3 Å². The number of hydrogen-bond donors (Lipinski definition) is 2. The van der Waals surface area contributed by atoms with Crippen molar-refractivity contribution in [2.45, 2.75) is 13.1 Å². The standard InChI is InChI=1S/C14H12F3N3S/c1-8-3-2-4-10-12(8)9(5-18-10)11-6-21-13(20-11)19-7-14(15,16)17/h2-6,18H,7H2,1H3,(H,19,20). The van der Waals surface area contributed by atoms with Crippen LogP contribution in [0.1, 0.15) is 5.56 Å². The topological polar surface area (TPSA) is 40.7 Å². The summed E-state index contributed by atoms with van der Waals surface area (Å²) in [5, 5.41) is 5.37. The third-order valence-electron chi connectivity index (χ3n) is 3.13. The highest BCUT2D eigenvalue weighted by molar-refractivity contribution is 7.14. The molecule has 0 radical (unpaired) electrons. The van der Waals surface area contributed by atoms with Crippen LogP contribution in [0.4, 0.5) is 18.3 Å². The number of anilines is 1. The number of halogens is 3. The summed E-state index contributed by atoms with van der Waals surface area (Å²) >= 11 is 1.17. The number of rotatable bonds is 3. The lowest BCUT2D eigenvalue weighted by molar-refractivity contribution is -0.115. The van der Waals surface area contributed by atoms with E-state index in [1.807, 2.05) is 31.3 Å². The molecule has 0 saturated heterocycles. The van der Waals surface area contributed by atoms with E-state index in [2.05, 4.69) is 15.3 Å². The van der Waals surface area contributed by atoms with Gasteiger partial charge in [0.2, 0.25) is 0 Å². The maximum atomic E-state index is 12.2. The first kappa shape index (κ1) is 13.9. The lowest BCUT2D eigenvalue weighted by Gasteiger charge is -2.05. The van der Waals surface area contributed by atoms with Gasteiger partial charge in [-0.3, -0.25) is 0 Å². The SMILES string of the molecule is Cc1cccc2[nH]cc(-c3csc(NCC(F)(F)F)n3)c12. The fourth-order valence-corrected chi connectivity index (χ4v) is 2.93. The average molecular weight is 311 g/mol. The number of nitrogens with one attached hydrogen (secondary N) is 2. The van der Waals surface area contributed by atoms with Crippen molar-refractivity contribution in [3.8, 4) is 11.3 Å². The van der Waals surface area contributed by atoms with Crippen molar-refractivity contribution in [3.05, 3.63) is 35.3 Å². The molecule has 1 aromatic carbocycles. The normalized spacial score (nSPS) is 12.0. The Labute approximate surface area is 122 Å². The number of thiazole rings is 1. The van der Waals surface area contributed by atoms with Crippen molar-refractivity contribution in [3.63, 3.8) is 0 Å². The molecule has 3 rings (SSSR count). The molecule has 0 bridgehead atoms. The highest BCUT2D eigenvalue weighted by Crippen LogP contribution is 2.33. The van der Waals surface area contributed by atoms with E-state index in [4.69, 9.17) is 0 Å². The van der Waals surface area contributed by atoms with E-state index in [1.54, 1.807) is 5.38 Å². The zero-order chi connectivity index (χ0) is 15.0. The van der Waals surface area contributed by atoms with Gasteiger partial charge in [0.05, 0.1) is 5.69 Å². The van der Waals surface area contributed by atoms with Crippen LogP contribution >= 0.6 is 11.3 Å². The fraction of sp³-hybridized carbons (Fsp3) is 0.214. The molecular weight excluding hydrogens is 299 g/mol. The summed E-state index contributed by atoms with van der Waals surface area (Å²) in [5.41, 5.74) is 3.66. The van der Waals surface area contributed by atoms with Crippen LogP contribution in [0, 0.1) is 6.92 Å². The molecule has 7 heteroatoms. The number of benzene rings is 1. The monoisotopic (exact) mass is 311 g/mol. The molecule has 0 aliphatic rings. The lowest BCUT2D eigenvalue weighted by atomic mass is 10.1. The smallest absolute Gasteiger partial charge is 0.360 e. The first-order valence-electron chi connectivity index (χ1n) is 6.27. The Morgan fingerprint density at radius 2 is 2.14 bits per heavy atom. The van der Waals surface area contributed by atoms with E-state index in [0.29, 0.717) is 5.69 Å². The zero-order valence-corrected chi connectivity index (χ0v) is 11.9. The Morgan fingerprint density at radius 3 is 2.90 bits per heavy atom. The Balaban J connectivity index is 1.92. The minimum atomic E-state index is -4.25. The van der Waals surface area contributed by atoms with Crippen molar-refractivity contribution in [1.82, 2.24) is 9.97 Å². The van der Waals surface area contributed by atoms with Crippen molar-refractivity contribution >= 4 is 27.4 Å². The van der Waals surface area contributed by atoms with E-state index in [1.165, 1.54) is 11.3 Å². The van der Waals surface area contributed by atoms with Crippen molar-refractivity contribution in [2.24, 2.45) is 0 Å². The maximum absolute atomic E-state index is 12.2. The van der Waals surface area contributed by atoms with Crippen LogP contribution < -0.4 is 5.32 Å². The van der Waals surface area contributed by atoms with Gasteiger partial charge in [-0.25, -0.2) is 4.98 Å². The molecule has 0 unspecified atom stereocenters. The second-order valence-electron chi connectivity index (χ2n) is 4.71. The number of aryl methyl sites for hydroxylation is 1. The molecule has 2 heterocycles. The molecule has 21 heavy (non-hydrogen) atoms. The van der Waals surface area contributed by atoms with Crippen LogP contribution in [0.25, 0.3) is 22.2 Å².